The second kappa shape index (κ2) is 14.6. The van der Waals surface area contributed by atoms with Gasteiger partial charge in [0.2, 0.25) is 0 Å². The van der Waals surface area contributed by atoms with Crippen LogP contribution in [0.1, 0.15) is 41.2 Å². The summed E-state index contributed by atoms with van der Waals surface area (Å²) in [7, 11) is 0. The van der Waals surface area contributed by atoms with E-state index in [0.29, 0.717) is 19.6 Å². The first-order valence-corrected chi connectivity index (χ1v) is 15.8. The molecule has 1 aliphatic rings. The summed E-state index contributed by atoms with van der Waals surface area (Å²) in [4.78, 5) is 15.7. The van der Waals surface area contributed by atoms with Crippen LogP contribution in [0.2, 0.25) is 0 Å². The fraction of sp³-hybridized carbons (Fsp3) is 0.225. The van der Waals surface area contributed by atoms with Crippen LogP contribution in [0.4, 0.5) is 4.79 Å². The molecule has 1 aliphatic heterocycles. The standard InChI is InChI=1S/C40H39NO5/c1-2-45-40(46-39(34-22-12-5-13-23-34,35-24-14-6-15-25-35)36-26-16-7-17-27-36)37(43-30-32-18-8-3-9-19-32)28-29-41(40)38(42)44-31-33-20-10-4-11-21-33/h3-27,37H,2,28-31H2,1H3/t37-,40-/m1/s1. The Bertz CT molecular complexity index is 1550. The molecule has 1 fully saturated rings. The van der Waals surface area contributed by atoms with Gasteiger partial charge in [-0.25, -0.2) is 4.79 Å². The predicted octanol–water partition coefficient (Wildman–Crippen LogP) is 8.31. The van der Waals surface area contributed by atoms with Crippen molar-refractivity contribution >= 4 is 6.09 Å². The van der Waals surface area contributed by atoms with Crippen LogP contribution < -0.4 is 0 Å². The van der Waals surface area contributed by atoms with Gasteiger partial charge in [0.15, 0.2) is 0 Å². The fourth-order valence-corrected chi connectivity index (χ4v) is 6.18. The van der Waals surface area contributed by atoms with Crippen LogP contribution in [-0.2, 0) is 37.8 Å². The highest BCUT2D eigenvalue weighted by molar-refractivity contribution is 5.69. The quantitative estimate of drug-likeness (QED) is 0.105. The molecule has 2 atom stereocenters. The van der Waals surface area contributed by atoms with Gasteiger partial charge in [-0.15, -0.1) is 0 Å². The van der Waals surface area contributed by atoms with Crippen LogP contribution in [-0.4, -0.2) is 36.2 Å². The van der Waals surface area contributed by atoms with Gasteiger partial charge in [-0.3, -0.25) is 4.90 Å². The Morgan fingerprint density at radius 3 is 1.57 bits per heavy atom. The molecule has 1 heterocycles. The lowest BCUT2D eigenvalue weighted by Gasteiger charge is -2.47. The van der Waals surface area contributed by atoms with Crippen LogP contribution in [0.25, 0.3) is 0 Å². The second-order valence-corrected chi connectivity index (χ2v) is 11.2. The molecule has 6 nitrogen and oxygen atoms in total. The Labute approximate surface area is 271 Å². The van der Waals surface area contributed by atoms with E-state index in [1.807, 2.05) is 159 Å². The van der Waals surface area contributed by atoms with Crippen molar-refractivity contribution in [2.45, 2.75) is 44.2 Å². The van der Waals surface area contributed by atoms with E-state index < -0.39 is 23.7 Å². The predicted molar refractivity (Wildman–Crippen MR) is 178 cm³/mol. The molecule has 0 radical (unpaired) electrons. The van der Waals surface area contributed by atoms with Gasteiger partial charge in [0.05, 0.1) is 6.61 Å². The molecule has 0 N–H and O–H groups in total. The van der Waals surface area contributed by atoms with E-state index in [2.05, 4.69) is 0 Å². The van der Waals surface area contributed by atoms with Crippen molar-refractivity contribution in [2.24, 2.45) is 0 Å². The van der Waals surface area contributed by atoms with E-state index in [1.54, 1.807) is 4.90 Å². The molecule has 1 saturated heterocycles. The SMILES string of the molecule is CCO[C@@]1(OC(c2ccccc2)(c2ccccc2)c2ccccc2)[C@H](OCc2ccccc2)CCN1C(=O)OCc1ccccc1. The zero-order chi connectivity index (χ0) is 31.7. The molecule has 6 rings (SSSR count). The number of carbonyl (C=O) groups excluding carboxylic acids is 1. The maximum atomic E-state index is 14.1. The Morgan fingerprint density at radius 2 is 1.11 bits per heavy atom. The summed E-state index contributed by atoms with van der Waals surface area (Å²) in [6.45, 7) is 2.94. The van der Waals surface area contributed by atoms with Gasteiger partial charge >= 0.3 is 6.09 Å². The highest BCUT2D eigenvalue weighted by Crippen LogP contribution is 2.48. The Balaban J connectivity index is 1.49. The second-order valence-electron chi connectivity index (χ2n) is 11.2. The summed E-state index contributed by atoms with van der Waals surface area (Å²) in [5.41, 5.74) is 3.38. The van der Waals surface area contributed by atoms with Gasteiger partial charge in [0.25, 0.3) is 5.91 Å². The van der Waals surface area contributed by atoms with Gasteiger partial charge < -0.3 is 18.9 Å². The van der Waals surface area contributed by atoms with Gasteiger partial charge in [-0.1, -0.05) is 152 Å². The average molecular weight is 614 g/mol. The fourth-order valence-electron chi connectivity index (χ4n) is 6.18. The number of nitrogens with zero attached hydrogens (tertiary/aromatic N) is 1. The number of ether oxygens (including phenoxy) is 4. The number of rotatable bonds is 12. The van der Waals surface area contributed by atoms with E-state index in [0.717, 1.165) is 27.8 Å². The monoisotopic (exact) mass is 613 g/mol. The van der Waals surface area contributed by atoms with Gasteiger partial charge in [-0.05, 0) is 41.2 Å². The largest absolute Gasteiger partial charge is 0.444 e. The topological polar surface area (TPSA) is 57.2 Å². The molecule has 0 saturated carbocycles. The third kappa shape index (κ3) is 6.46. The molecule has 6 heteroatoms. The number of amides is 1. The summed E-state index contributed by atoms with van der Waals surface area (Å²) in [5, 5.41) is 0. The van der Waals surface area contributed by atoms with Crippen LogP contribution in [0.3, 0.4) is 0 Å². The summed E-state index contributed by atoms with van der Waals surface area (Å²) in [5.74, 6) is -1.64. The molecule has 0 unspecified atom stereocenters. The maximum absolute atomic E-state index is 14.1. The van der Waals surface area contributed by atoms with Crippen LogP contribution in [0.15, 0.2) is 152 Å². The summed E-state index contributed by atoms with van der Waals surface area (Å²) in [6.07, 6.45) is -0.680. The third-order valence-electron chi connectivity index (χ3n) is 8.31. The molecule has 5 aromatic carbocycles. The first-order chi connectivity index (χ1) is 22.7. The van der Waals surface area contributed by atoms with E-state index in [-0.39, 0.29) is 13.2 Å². The van der Waals surface area contributed by atoms with Gasteiger partial charge in [0.1, 0.15) is 18.3 Å². The minimum Gasteiger partial charge on any atom is -0.444 e. The van der Waals surface area contributed by atoms with E-state index in [9.17, 15) is 4.79 Å². The molecular weight excluding hydrogens is 574 g/mol. The lowest BCUT2D eigenvalue weighted by Crippen LogP contribution is -2.61. The van der Waals surface area contributed by atoms with Crippen molar-refractivity contribution in [2.75, 3.05) is 13.2 Å². The highest BCUT2D eigenvalue weighted by atomic mass is 16.8. The Hall–Kier alpha value is -4.75. The van der Waals surface area contributed by atoms with E-state index >= 15 is 0 Å². The molecule has 0 bridgehead atoms. The average Bonchev–Trinajstić information content (AvgIpc) is 3.48. The summed E-state index contributed by atoms with van der Waals surface area (Å²) < 4.78 is 26.8. The Morgan fingerprint density at radius 1 is 0.674 bits per heavy atom. The van der Waals surface area contributed by atoms with Crippen LogP contribution >= 0.6 is 0 Å². The summed E-state index contributed by atoms with van der Waals surface area (Å²) in [6, 6.07) is 49.9. The lowest BCUT2D eigenvalue weighted by atomic mass is 9.80. The number of benzene rings is 5. The van der Waals surface area contributed by atoms with Crippen molar-refractivity contribution in [1.82, 2.24) is 4.90 Å². The zero-order valence-corrected chi connectivity index (χ0v) is 26.0. The molecular formula is C40H39NO5. The smallest absolute Gasteiger partial charge is 0.414 e. The van der Waals surface area contributed by atoms with Crippen molar-refractivity contribution in [1.29, 1.82) is 0 Å². The molecule has 5 aromatic rings. The minimum absolute atomic E-state index is 0.120. The van der Waals surface area contributed by atoms with Gasteiger partial charge in [-0.2, -0.15) is 0 Å². The molecule has 0 aromatic heterocycles. The van der Waals surface area contributed by atoms with Crippen LogP contribution in [0.5, 0.6) is 0 Å². The molecule has 0 spiro atoms. The van der Waals surface area contributed by atoms with Crippen molar-refractivity contribution in [3.05, 3.63) is 179 Å². The number of likely N-dealkylation sites (tertiary alicyclic amines) is 1. The minimum atomic E-state index is -1.64. The molecule has 0 aliphatic carbocycles. The first kappa shape index (κ1) is 31.2. The normalized spacial score (nSPS) is 17.9. The zero-order valence-electron chi connectivity index (χ0n) is 26.0. The van der Waals surface area contributed by atoms with Crippen LogP contribution in [0, 0.1) is 0 Å². The molecule has 234 valence electrons. The first-order valence-electron chi connectivity index (χ1n) is 15.8. The number of carbonyl (C=O) groups is 1. The Kier molecular flexibility index (Phi) is 9.89. The summed E-state index contributed by atoms with van der Waals surface area (Å²) >= 11 is 0. The van der Waals surface area contributed by atoms with Gasteiger partial charge in [0, 0.05) is 13.2 Å². The maximum Gasteiger partial charge on any atom is 0.414 e. The van der Waals surface area contributed by atoms with E-state index in [4.69, 9.17) is 18.9 Å². The van der Waals surface area contributed by atoms with Crippen molar-refractivity contribution < 1.29 is 23.7 Å². The van der Waals surface area contributed by atoms with Crippen molar-refractivity contribution in [3.63, 3.8) is 0 Å². The third-order valence-corrected chi connectivity index (χ3v) is 8.31. The molecule has 1 amide bonds. The van der Waals surface area contributed by atoms with Crippen molar-refractivity contribution in [3.8, 4) is 0 Å². The highest BCUT2D eigenvalue weighted by Gasteiger charge is 2.60. The lowest BCUT2D eigenvalue weighted by molar-refractivity contribution is -0.357. The number of hydrogen-bond acceptors (Lipinski definition) is 5. The van der Waals surface area contributed by atoms with E-state index in [1.165, 1.54) is 0 Å². The molecule has 46 heavy (non-hydrogen) atoms. The number of hydrogen-bond donors (Lipinski definition) is 0.